The summed E-state index contributed by atoms with van der Waals surface area (Å²) in [5.41, 5.74) is 2.25. The van der Waals surface area contributed by atoms with Gasteiger partial charge in [0.25, 0.3) is 5.56 Å². The van der Waals surface area contributed by atoms with E-state index in [4.69, 9.17) is 0 Å². The summed E-state index contributed by atoms with van der Waals surface area (Å²) in [6, 6.07) is 11.7. The Labute approximate surface area is 150 Å². The minimum Gasteiger partial charge on any atom is -0.308 e. The third kappa shape index (κ3) is 2.51. The average molecular weight is 358 g/mol. The molecule has 0 fully saturated rings. The summed E-state index contributed by atoms with van der Waals surface area (Å²) >= 11 is 0. The highest BCUT2D eigenvalue weighted by atomic mass is 35.5. The smallest absolute Gasteiger partial charge is 0.308 e. The van der Waals surface area contributed by atoms with E-state index < -0.39 is 0 Å². The molecule has 0 bridgehead atoms. The quantitative estimate of drug-likeness (QED) is 0.566. The summed E-state index contributed by atoms with van der Waals surface area (Å²) in [6.45, 7) is 3.05. The van der Waals surface area contributed by atoms with Gasteiger partial charge in [-0.2, -0.15) is 0 Å². The Balaban J connectivity index is 0.00000182. The van der Waals surface area contributed by atoms with Crippen LogP contribution in [0.3, 0.4) is 0 Å². The number of aryl methyl sites for hydroxylation is 1. The maximum Gasteiger partial charge on any atom is 0.336 e. The number of halogens is 1. The van der Waals surface area contributed by atoms with Gasteiger partial charge in [-0.05, 0) is 39.2 Å². The molecule has 2 aromatic carbocycles. The SMILES string of the molecule is Cc1ccc2c(c1)c1cccc3c(=O)n(CCN(C)C)c(=O)n2c31.Cl. The van der Waals surface area contributed by atoms with E-state index >= 15 is 0 Å². The molecule has 0 saturated heterocycles. The monoisotopic (exact) mass is 357 g/mol. The van der Waals surface area contributed by atoms with Crippen molar-refractivity contribution in [3.63, 3.8) is 0 Å². The van der Waals surface area contributed by atoms with Gasteiger partial charge >= 0.3 is 5.69 Å². The lowest BCUT2D eigenvalue weighted by atomic mass is 10.1. The van der Waals surface area contributed by atoms with Crippen molar-refractivity contribution < 1.29 is 0 Å². The first kappa shape index (κ1) is 17.5. The van der Waals surface area contributed by atoms with Crippen molar-refractivity contribution in [3.8, 4) is 0 Å². The van der Waals surface area contributed by atoms with Crippen LogP contribution < -0.4 is 11.2 Å². The van der Waals surface area contributed by atoms with Crippen LogP contribution in [0.4, 0.5) is 0 Å². The van der Waals surface area contributed by atoms with Crippen LogP contribution >= 0.6 is 12.4 Å². The zero-order valence-electron chi connectivity index (χ0n) is 14.4. The van der Waals surface area contributed by atoms with Crippen molar-refractivity contribution in [1.29, 1.82) is 0 Å². The molecule has 0 saturated carbocycles. The molecule has 4 rings (SSSR count). The van der Waals surface area contributed by atoms with Crippen LogP contribution in [0.2, 0.25) is 0 Å². The maximum atomic E-state index is 13.0. The largest absolute Gasteiger partial charge is 0.336 e. The molecule has 0 spiro atoms. The normalized spacial score (nSPS) is 11.7. The summed E-state index contributed by atoms with van der Waals surface area (Å²) in [6.07, 6.45) is 0. The van der Waals surface area contributed by atoms with Gasteiger partial charge in [-0.1, -0.05) is 23.8 Å². The van der Waals surface area contributed by atoms with Gasteiger partial charge in [0.1, 0.15) is 0 Å². The molecular formula is C19H20ClN3O2. The van der Waals surface area contributed by atoms with Crippen molar-refractivity contribution in [3.05, 3.63) is 62.8 Å². The first-order chi connectivity index (χ1) is 11.5. The molecule has 6 heteroatoms. The molecule has 0 aliphatic rings. The van der Waals surface area contributed by atoms with E-state index in [1.807, 2.05) is 56.3 Å². The first-order valence-electron chi connectivity index (χ1n) is 8.04. The Morgan fingerprint density at radius 1 is 1.00 bits per heavy atom. The molecule has 4 aromatic rings. The van der Waals surface area contributed by atoms with Crippen LogP contribution in [-0.4, -0.2) is 34.5 Å². The molecule has 0 aliphatic heterocycles. The van der Waals surface area contributed by atoms with Crippen LogP contribution in [0.25, 0.3) is 27.2 Å². The highest BCUT2D eigenvalue weighted by Crippen LogP contribution is 2.29. The van der Waals surface area contributed by atoms with Crippen molar-refractivity contribution in [2.24, 2.45) is 0 Å². The topological polar surface area (TPSA) is 46.7 Å². The lowest BCUT2D eigenvalue weighted by Crippen LogP contribution is -2.39. The van der Waals surface area contributed by atoms with E-state index in [1.54, 1.807) is 4.40 Å². The zero-order valence-corrected chi connectivity index (χ0v) is 15.3. The highest BCUT2D eigenvalue weighted by molar-refractivity contribution is 6.13. The summed E-state index contributed by atoms with van der Waals surface area (Å²) in [5.74, 6) is 0. The number of para-hydroxylation sites is 1. The van der Waals surface area contributed by atoms with E-state index in [0.29, 0.717) is 18.5 Å². The number of fused-ring (bicyclic) bond motifs is 3. The minimum atomic E-state index is -0.260. The molecule has 0 N–H and O–H groups in total. The van der Waals surface area contributed by atoms with Gasteiger partial charge in [0, 0.05) is 23.9 Å². The third-order valence-electron chi connectivity index (χ3n) is 4.61. The molecule has 0 unspecified atom stereocenters. The Morgan fingerprint density at radius 2 is 1.72 bits per heavy atom. The van der Waals surface area contributed by atoms with Crippen molar-refractivity contribution in [2.45, 2.75) is 13.5 Å². The summed E-state index contributed by atoms with van der Waals surface area (Å²) in [7, 11) is 3.86. The molecule has 0 radical (unpaired) electrons. The van der Waals surface area contributed by atoms with Crippen LogP contribution in [-0.2, 0) is 6.54 Å². The van der Waals surface area contributed by atoms with Crippen molar-refractivity contribution in [1.82, 2.24) is 13.9 Å². The predicted molar refractivity (Wildman–Crippen MR) is 105 cm³/mol. The fraction of sp³-hybridized carbons (Fsp3) is 0.263. The standard InChI is InChI=1S/C19H19N3O2.ClH/c1-12-7-8-16-15(11-12)13-5-4-6-14-17(13)22(16)19(24)21(18(14)23)10-9-20(2)3;/h4-8,11H,9-10H2,1-3H3;1H. The molecule has 0 atom stereocenters. The van der Waals surface area contributed by atoms with Crippen molar-refractivity contribution >= 4 is 39.6 Å². The van der Waals surface area contributed by atoms with Crippen LogP contribution in [0.1, 0.15) is 5.56 Å². The number of hydrogen-bond acceptors (Lipinski definition) is 3. The van der Waals surface area contributed by atoms with E-state index in [0.717, 1.165) is 27.4 Å². The van der Waals surface area contributed by atoms with Gasteiger partial charge in [-0.15, -0.1) is 12.4 Å². The van der Waals surface area contributed by atoms with Gasteiger partial charge in [0.05, 0.1) is 16.4 Å². The number of aromatic nitrogens is 2. The second kappa shape index (κ2) is 6.17. The lowest BCUT2D eigenvalue weighted by Gasteiger charge is -2.12. The van der Waals surface area contributed by atoms with Crippen LogP contribution in [0.15, 0.2) is 46.0 Å². The maximum absolute atomic E-state index is 13.0. The molecule has 130 valence electrons. The molecule has 5 nitrogen and oxygen atoms in total. The minimum absolute atomic E-state index is 0. The van der Waals surface area contributed by atoms with E-state index in [1.165, 1.54) is 4.57 Å². The second-order valence-electron chi connectivity index (χ2n) is 6.60. The summed E-state index contributed by atoms with van der Waals surface area (Å²) < 4.78 is 3.04. The van der Waals surface area contributed by atoms with Gasteiger partial charge < -0.3 is 4.90 Å². The highest BCUT2D eigenvalue weighted by Gasteiger charge is 2.18. The Morgan fingerprint density at radius 3 is 2.44 bits per heavy atom. The molecule has 0 aliphatic carbocycles. The number of hydrogen-bond donors (Lipinski definition) is 0. The molecule has 2 heterocycles. The number of rotatable bonds is 3. The predicted octanol–water partition coefficient (Wildman–Crippen LogP) is 2.50. The fourth-order valence-corrected chi connectivity index (χ4v) is 3.40. The Bertz CT molecular complexity index is 1190. The Kier molecular flexibility index (Phi) is 4.31. The number of nitrogens with zero attached hydrogens (tertiary/aromatic N) is 3. The molecule has 25 heavy (non-hydrogen) atoms. The van der Waals surface area contributed by atoms with Crippen LogP contribution in [0.5, 0.6) is 0 Å². The average Bonchev–Trinajstić information content (AvgIpc) is 2.87. The van der Waals surface area contributed by atoms with Gasteiger partial charge in [0.15, 0.2) is 0 Å². The lowest BCUT2D eigenvalue weighted by molar-refractivity contribution is 0.376. The van der Waals surface area contributed by atoms with Crippen molar-refractivity contribution in [2.75, 3.05) is 20.6 Å². The zero-order chi connectivity index (χ0) is 17.0. The number of likely N-dealkylation sites (N-methyl/N-ethyl adjacent to an activating group) is 1. The second-order valence-corrected chi connectivity index (χ2v) is 6.60. The van der Waals surface area contributed by atoms with Gasteiger partial charge in [-0.3, -0.25) is 13.8 Å². The van der Waals surface area contributed by atoms with Gasteiger partial charge in [0.2, 0.25) is 0 Å². The van der Waals surface area contributed by atoms with E-state index in [-0.39, 0.29) is 23.7 Å². The van der Waals surface area contributed by atoms with Gasteiger partial charge in [-0.25, -0.2) is 4.79 Å². The molecule has 2 aromatic heterocycles. The van der Waals surface area contributed by atoms with E-state index in [2.05, 4.69) is 6.07 Å². The summed E-state index contributed by atoms with van der Waals surface area (Å²) in [5, 5.41) is 2.57. The molecular weight excluding hydrogens is 338 g/mol. The number of benzene rings is 2. The summed E-state index contributed by atoms with van der Waals surface area (Å²) in [4.78, 5) is 27.8. The van der Waals surface area contributed by atoms with E-state index in [9.17, 15) is 9.59 Å². The third-order valence-corrected chi connectivity index (χ3v) is 4.61. The Hall–Kier alpha value is -2.37. The molecule has 0 amide bonds. The first-order valence-corrected chi connectivity index (χ1v) is 8.04. The fourth-order valence-electron chi connectivity index (χ4n) is 3.40. The van der Waals surface area contributed by atoms with Crippen LogP contribution in [0, 0.1) is 6.92 Å².